The second-order valence-electron chi connectivity index (χ2n) is 4.58. The number of halogens is 1. The van der Waals surface area contributed by atoms with E-state index in [1.54, 1.807) is 0 Å². The van der Waals surface area contributed by atoms with Crippen LogP contribution in [0.3, 0.4) is 0 Å². The van der Waals surface area contributed by atoms with Crippen molar-refractivity contribution in [2.75, 3.05) is 11.9 Å². The molecule has 17 heavy (non-hydrogen) atoms. The van der Waals surface area contributed by atoms with Crippen molar-refractivity contribution in [1.29, 1.82) is 0 Å². The van der Waals surface area contributed by atoms with Crippen molar-refractivity contribution in [3.8, 4) is 0 Å². The molecule has 1 fully saturated rings. The highest BCUT2D eigenvalue weighted by Gasteiger charge is 2.24. The third-order valence-electron chi connectivity index (χ3n) is 3.09. The normalized spacial score (nSPS) is 24.4. The smallest absolute Gasteiger partial charge is 0.227 e. The molecule has 2 atom stereocenters. The quantitative estimate of drug-likeness (QED) is 0.881. The van der Waals surface area contributed by atoms with Gasteiger partial charge in [0.25, 0.3) is 0 Å². The standard InChI is InChI=1S/C13H17BrN2O/c1-9-7-10(5-6-15-9)13(17)16-12-4-2-3-11(14)8-12/h2-4,8-10,15H,5-7H2,1H3,(H,16,17). The van der Waals surface area contributed by atoms with E-state index in [0.717, 1.165) is 29.5 Å². The fourth-order valence-corrected chi connectivity index (χ4v) is 2.58. The Morgan fingerprint density at radius 3 is 3.06 bits per heavy atom. The van der Waals surface area contributed by atoms with E-state index in [9.17, 15) is 4.79 Å². The number of amides is 1. The summed E-state index contributed by atoms with van der Waals surface area (Å²) in [6.45, 7) is 3.05. The monoisotopic (exact) mass is 296 g/mol. The molecule has 1 saturated heterocycles. The van der Waals surface area contributed by atoms with Crippen LogP contribution in [-0.4, -0.2) is 18.5 Å². The van der Waals surface area contributed by atoms with Gasteiger partial charge in [-0.1, -0.05) is 22.0 Å². The molecule has 0 radical (unpaired) electrons. The predicted molar refractivity (Wildman–Crippen MR) is 73.0 cm³/mol. The third kappa shape index (κ3) is 3.54. The lowest BCUT2D eigenvalue weighted by Gasteiger charge is -2.27. The average molecular weight is 297 g/mol. The van der Waals surface area contributed by atoms with Crippen molar-refractivity contribution in [3.05, 3.63) is 28.7 Å². The fourth-order valence-electron chi connectivity index (χ4n) is 2.18. The molecular weight excluding hydrogens is 280 g/mol. The molecule has 0 bridgehead atoms. The minimum atomic E-state index is 0.130. The number of piperidine rings is 1. The maximum absolute atomic E-state index is 12.1. The second kappa shape index (κ2) is 5.65. The summed E-state index contributed by atoms with van der Waals surface area (Å²) < 4.78 is 0.981. The summed E-state index contributed by atoms with van der Waals surface area (Å²) >= 11 is 3.40. The molecule has 0 aliphatic carbocycles. The summed E-state index contributed by atoms with van der Waals surface area (Å²) in [5.74, 6) is 0.265. The Hall–Kier alpha value is -0.870. The van der Waals surface area contributed by atoms with Crippen LogP contribution in [0.1, 0.15) is 19.8 Å². The summed E-state index contributed by atoms with van der Waals surface area (Å²) in [5, 5.41) is 6.33. The lowest BCUT2D eigenvalue weighted by Crippen LogP contribution is -2.40. The van der Waals surface area contributed by atoms with Gasteiger partial charge >= 0.3 is 0 Å². The number of carbonyl (C=O) groups is 1. The zero-order chi connectivity index (χ0) is 12.3. The van der Waals surface area contributed by atoms with Gasteiger partial charge in [0.15, 0.2) is 0 Å². The molecule has 1 heterocycles. The van der Waals surface area contributed by atoms with Crippen molar-refractivity contribution >= 4 is 27.5 Å². The molecule has 0 spiro atoms. The minimum Gasteiger partial charge on any atom is -0.326 e. The van der Waals surface area contributed by atoms with E-state index in [1.807, 2.05) is 24.3 Å². The topological polar surface area (TPSA) is 41.1 Å². The number of benzene rings is 1. The molecule has 2 rings (SSSR count). The predicted octanol–water partition coefficient (Wildman–Crippen LogP) is 2.78. The van der Waals surface area contributed by atoms with Gasteiger partial charge in [0, 0.05) is 22.1 Å². The minimum absolute atomic E-state index is 0.130. The first-order valence-electron chi connectivity index (χ1n) is 5.95. The van der Waals surface area contributed by atoms with Crippen LogP contribution in [0.25, 0.3) is 0 Å². The average Bonchev–Trinajstić information content (AvgIpc) is 2.29. The molecule has 1 amide bonds. The highest BCUT2D eigenvalue weighted by atomic mass is 79.9. The van der Waals surface area contributed by atoms with Crippen LogP contribution in [-0.2, 0) is 4.79 Å². The maximum atomic E-state index is 12.1. The Morgan fingerprint density at radius 2 is 2.35 bits per heavy atom. The molecule has 4 heteroatoms. The molecule has 1 aromatic rings. The van der Waals surface area contributed by atoms with Crippen LogP contribution in [0.2, 0.25) is 0 Å². The van der Waals surface area contributed by atoms with Gasteiger partial charge in [0.05, 0.1) is 0 Å². The summed E-state index contributed by atoms with van der Waals surface area (Å²) in [6.07, 6.45) is 1.84. The summed E-state index contributed by atoms with van der Waals surface area (Å²) in [5.41, 5.74) is 0.857. The number of nitrogens with one attached hydrogen (secondary N) is 2. The van der Waals surface area contributed by atoms with Crippen LogP contribution >= 0.6 is 15.9 Å². The Bertz CT molecular complexity index is 408. The number of anilines is 1. The number of hydrogen-bond acceptors (Lipinski definition) is 2. The molecular formula is C13H17BrN2O. The fraction of sp³-hybridized carbons (Fsp3) is 0.462. The molecule has 2 N–H and O–H groups in total. The summed E-state index contributed by atoms with van der Waals surface area (Å²) in [4.78, 5) is 12.1. The highest BCUT2D eigenvalue weighted by molar-refractivity contribution is 9.10. The molecule has 1 aliphatic heterocycles. The Kier molecular flexibility index (Phi) is 4.18. The zero-order valence-corrected chi connectivity index (χ0v) is 11.5. The Labute approximate surface area is 110 Å². The van der Waals surface area contributed by atoms with Gasteiger partial charge < -0.3 is 10.6 Å². The second-order valence-corrected chi connectivity index (χ2v) is 5.49. The van der Waals surface area contributed by atoms with Crippen LogP contribution in [0, 0.1) is 5.92 Å². The van der Waals surface area contributed by atoms with Crippen LogP contribution in [0.15, 0.2) is 28.7 Å². The van der Waals surface area contributed by atoms with Gasteiger partial charge in [-0.2, -0.15) is 0 Å². The van der Waals surface area contributed by atoms with Gasteiger partial charge in [-0.05, 0) is 44.5 Å². The van der Waals surface area contributed by atoms with Crippen molar-refractivity contribution < 1.29 is 4.79 Å². The SMILES string of the molecule is CC1CC(C(=O)Nc2cccc(Br)c2)CCN1. The number of rotatable bonds is 2. The van der Waals surface area contributed by atoms with Gasteiger partial charge in [-0.3, -0.25) is 4.79 Å². The highest BCUT2D eigenvalue weighted by Crippen LogP contribution is 2.20. The van der Waals surface area contributed by atoms with Crippen LogP contribution in [0.5, 0.6) is 0 Å². The molecule has 2 unspecified atom stereocenters. The van der Waals surface area contributed by atoms with E-state index in [4.69, 9.17) is 0 Å². The van der Waals surface area contributed by atoms with E-state index >= 15 is 0 Å². The molecule has 92 valence electrons. The van der Waals surface area contributed by atoms with Crippen molar-refractivity contribution in [1.82, 2.24) is 5.32 Å². The van der Waals surface area contributed by atoms with Crippen LogP contribution in [0.4, 0.5) is 5.69 Å². The van der Waals surface area contributed by atoms with E-state index in [0.29, 0.717) is 6.04 Å². The van der Waals surface area contributed by atoms with E-state index in [1.165, 1.54) is 0 Å². The van der Waals surface area contributed by atoms with Crippen molar-refractivity contribution in [2.24, 2.45) is 5.92 Å². The van der Waals surface area contributed by atoms with E-state index < -0.39 is 0 Å². The lowest BCUT2D eigenvalue weighted by molar-refractivity contribution is -0.120. The largest absolute Gasteiger partial charge is 0.326 e. The Morgan fingerprint density at radius 1 is 1.53 bits per heavy atom. The first kappa shape index (κ1) is 12.6. The van der Waals surface area contributed by atoms with Gasteiger partial charge in [-0.25, -0.2) is 0 Å². The van der Waals surface area contributed by atoms with E-state index in [-0.39, 0.29) is 11.8 Å². The lowest BCUT2D eigenvalue weighted by atomic mass is 9.92. The maximum Gasteiger partial charge on any atom is 0.227 e. The summed E-state index contributed by atoms with van der Waals surface area (Å²) in [6, 6.07) is 8.13. The molecule has 1 aromatic carbocycles. The van der Waals surface area contributed by atoms with E-state index in [2.05, 4.69) is 33.5 Å². The van der Waals surface area contributed by atoms with Gasteiger partial charge in [-0.15, -0.1) is 0 Å². The zero-order valence-electron chi connectivity index (χ0n) is 9.87. The third-order valence-corrected chi connectivity index (χ3v) is 3.58. The first-order valence-corrected chi connectivity index (χ1v) is 6.74. The van der Waals surface area contributed by atoms with Gasteiger partial charge in [0.2, 0.25) is 5.91 Å². The first-order chi connectivity index (χ1) is 8.15. The number of hydrogen-bond donors (Lipinski definition) is 2. The molecule has 0 aromatic heterocycles. The molecule has 3 nitrogen and oxygen atoms in total. The molecule has 0 saturated carbocycles. The summed E-state index contributed by atoms with van der Waals surface area (Å²) in [7, 11) is 0. The van der Waals surface area contributed by atoms with Crippen molar-refractivity contribution in [3.63, 3.8) is 0 Å². The van der Waals surface area contributed by atoms with Crippen molar-refractivity contribution in [2.45, 2.75) is 25.8 Å². The molecule has 1 aliphatic rings. The number of carbonyl (C=O) groups excluding carboxylic acids is 1. The Balaban J connectivity index is 1.96. The van der Waals surface area contributed by atoms with Gasteiger partial charge in [0.1, 0.15) is 0 Å². The van der Waals surface area contributed by atoms with Crippen LogP contribution < -0.4 is 10.6 Å².